The van der Waals surface area contributed by atoms with Crippen LogP contribution in [0.15, 0.2) is 47.2 Å². The van der Waals surface area contributed by atoms with Crippen molar-refractivity contribution in [2.75, 3.05) is 7.11 Å². The van der Waals surface area contributed by atoms with Gasteiger partial charge in [0.25, 0.3) is 0 Å². The van der Waals surface area contributed by atoms with Crippen LogP contribution in [0, 0.1) is 0 Å². The molecule has 2 rings (SSSR count). The second kappa shape index (κ2) is 6.23. The summed E-state index contributed by atoms with van der Waals surface area (Å²) in [5.41, 5.74) is 1.34. The third-order valence-corrected chi connectivity index (χ3v) is 5.43. The molecule has 0 spiro atoms. The van der Waals surface area contributed by atoms with E-state index in [2.05, 4.69) is 39.1 Å². The van der Waals surface area contributed by atoms with Crippen molar-refractivity contribution in [3.63, 3.8) is 0 Å². The van der Waals surface area contributed by atoms with E-state index in [9.17, 15) is 0 Å². The van der Waals surface area contributed by atoms with E-state index in [0.29, 0.717) is 0 Å². The van der Waals surface area contributed by atoms with E-state index in [1.807, 2.05) is 24.5 Å². The Hall–Kier alpha value is -0.792. The van der Waals surface area contributed by atoms with Crippen molar-refractivity contribution in [1.82, 2.24) is 4.98 Å². The number of methoxy groups -OCH3 is 1. The molecule has 0 N–H and O–H groups in total. The summed E-state index contributed by atoms with van der Waals surface area (Å²) in [5.74, 6) is 0.932. The zero-order chi connectivity index (χ0) is 12.1. The Kier molecular flexibility index (Phi) is 4.64. The summed E-state index contributed by atoms with van der Waals surface area (Å²) in [6.07, 6.45) is 3.78. The molecule has 0 fully saturated rings. The molecular formula is C13H13AsBrNO. The number of aromatic nitrogens is 1. The normalized spacial score (nSPS) is 10.9. The van der Waals surface area contributed by atoms with Crippen LogP contribution in [0.1, 0.15) is 5.56 Å². The third-order valence-electron chi connectivity index (χ3n) is 2.34. The van der Waals surface area contributed by atoms with Crippen LogP contribution in [-0.4, -0.2) is 27.8 Å². The summed E-state index contributed by atoms with van der Waals surface area (Å²) in [7, 11) is 1.70. The molecule has 1 unspecified atom stereocenters. The third kappa shape index (κ3) is 3.86. The SMILES string of the molecule is COc1cccc(C[AsH]c2cncc(Br)c2)c1. The average Bonchev–Trinajstić information content (AvgIpc) is 2.37. The standard InChI is InChI=1S/C13H13AsBrNO/c1-17-13-4-2-3-10(5-13)7-14-11-6-12(15)9-16-8-11/h2-6,8-9,14H,7H2,1H3. The van der Waals surface area contributed by atoms with E-state index >= 15 is 0 Å². The minimum absolute atomic E-state index is 0.174. The molecule has 0 saturated heterocycles. The van der Waals surface area contributed by atoms with E-state index in [4.69, 9.17) is 4.74 Å². The molecule has 0 amide bonds. The maximum absolute atomic E-state index is 5.22. The van der Waals surface area contributed by atoms with E-state index < -0.39 is 0 Å². The van der Waals surface area contributed by atoms with Crippen LogP contribution >= 0.6 is 15.9 Å². The number of hydrogen-bond donors (Lipinski definition) is 0. The van der Waals surface area contributed by atoms with Gasteiger partial charge < -0.3 is 0 Å². The molecule has 1 heterocycles. The Morgan fingerprint density at radius 2 is 2.18 bits per heavy atom. The first kappa shape index (κ1) is 12.7. The molecular weight excluding hydrogens is 341 g/mol. The molecule has 88 valence electrons. The average molecular weight is 354 g/mol. The van der Waals surface area contributed by atoms with Gasteiger partial charge in [-0.15, -0.1) is 0 Å². The zero-order valence-electron chi connectivity index (χ0n) is 9.48. The minimum atomic E-state index is -0.174. The van der Waals surface area contributed by atoms with E-state index in [1.165, 1.54) is 9.91 Å². The molecule has 1 aromatic carbocycles. The first-order chi connectivity index (χ1) is 8.28. The van der Waals surface area contributed by atoms with E-state index in [1.54, 1.807) is 7.11 Å². The number of ether oxygens (including phenoxy) is 1. The number of halogens is 1. The number of benzene rings is 1. The predicted octanol–water partition coefficient (Wildman–Crippen LogP) is 2.11. The van der Waals surface area contributed by atoms with Gasteiger partial charge in [-0.1, -0.05) is 0 Å². The number of hydrogen-bond acceptors (Lipinski definition) is 2. The van der Waals surface area contributed by atoms with Crippen LogP contribution in [0.25, 0.3) is 0 Å². The molecule has 0 saturated carbocycles. The topological polar surface area (TPSA) is 22.1 Å². The van der Waals surface area contributed by atoms with Gasteiger partial charge in [-0.25, -0.2) is 0 Å². The van der Waals surface area contributed by atoms with Crippen molar-refractivity contribution >= 4 is 36.0 Å². The van der Waals surface area contributed by atoms with Crippen molar-refractivity contribution < 1.29 is 4.74 Å². The maximum atomic E-state index is 5.22. The number of rotatable bonds is 4. The van der Waals surface area contributed by atoms with Crippen molar-refractivity contribution in [2.24, 2.45) is 0 Å². The van der Waals surface area contributed by atoms with Gasteiger partial charge >= 0.3 is 117 Å². The van der Waals surface area contributed by atoms with Crippen LogP contribution in [0.2, 0.25) is 0 Å². The zero-order valence-corrected chi connectivity index (χ0v) is 13.2. The van der Waals surface area contributed by atoms with Gasteiger partial charge in [0.15, 0.2) is 0 Å². The molecule has 1 atom stereocenters. The molecule has 0 bridgehead atoms. The van der Waals surface area contributed by atoms with E-state index in [-0.39, 0.29) is 15.8 Å². The predicted molar refractivity (Wildman–Crippen MR) is 75.4 cm³/mol. The van der Waals surface area contributed by atoms with Crippen LogP contribution in [0.5, 0.6) is 5.75 Å². The van der Waals surface area contributed by atoms with Gasteiger partial charge in [-0.2, -0.15) is 0 Å². The van der Waals surface area contributed by atoms with Gasteiger partial charge in [0.05, 0.1) is 0 Å². The summed E-state index contributed by atoms with van der Waals surface area (Å²) in [5, 5.41) is 1.12. The fourth-order valence-electron chi connectivity index (χ4n) is 1.50. The summed E-state index contributed by atoms with van der Waals surface area (Å²) in [4.78, 5) is 4.19. The van der Waals surface area contributed by atoms with Crippen LogP contribution in [-0.2, 0) is 5.21 Å². The molecule has 17 heavy (non-hydrogen) atoms. The monoisotopic (exact) mass is 353 g/mol. The van der Waals surface area contributed by atoms with Crippen LogP contribution < -0.4 is 9.09 Å². The van der Waals surface area contributed by atoms with Gasteiger partial charge in [-0.05, 0) is 0 Å². The van der Waals surface area contributed by atoms with Crippen molar-refractivity contribution in [2.45, 2.75) is 5.21 Å². The van der Waals surface area contributed by atoms with E-state index in [0.717, 1.165) is 15.4 Å². The molecule has 0 aliphatic carbocycles. The molecule has 0 aliphatic rings. The second-order valence-corrected chi connectivity index (χ2v) is 7.21. The van der Waals surface area contributed by atoms with Gasteiger partial charge in [0.2, 0.25) is 0 Å². The second-order valence-electron chi connectivity index (χ2n) is 3.60. The first-order valence-electron chi connectivity index (χ1n) is 5.25. The molecule has 1 aromatic heterocycles. The molecule has 2 nitrogen and oxygen atoms in total. The van der Waals surface area contributed by atoms with Crippen LogP contribution in [0.3, 0.4) is 0 Å². The van der Waals surface area contributed by atoms with Gasteiger partial charge in [0.1, 0.15) is 0 Å². The van der Waals surface area contributed by atoms with Gasteiger partial charge in [-0.3, -0.25) is 0 Å². The quantitative estimate of drug-likeness (QED) is 0.785. The molecule has 0 radical (unpaired) electrons. The Bertz CT molecular complexity index is 504. The fraction of sp³-hybridized carbons (Fsp3) is 0.154. The molecule has 0 aliphatic heterocycles. The fourth-order valence-corrected chi connectivity index (χ4v) is 4.51. The Labute approximate surface area is 116 Å². The van der Waals surface area contributed by atoms with Crippen LogP contribution in [0.4, 0.5) is 0 Å². The van der Waals surface area contributed by atoms with Crippen molar-refractivity contribution in [3.8, 4) is 5.75 Å². The summed E-state index contributed by atoms with van der Waals surface area (Å²) >= 11 is 3.27. The summed E-state index contributed by atoms with van der Waals surface area (Å²) in [6.45, 7) is 0. The Balaban J connectivity index is 2.02. The summed E-state index contributed by atoms with van der Waals surface area (Å²) in [6, 6.07) is 10.4. The van der Waals surface area contributed by atoms with Crippen molar-refractivity contribution in [1.29, 1.82) is 0 Å². The summed E-state index contributed by atoms with van der Waals surface area (Å²) < 4.78 is 7.64. The van der Waals surface area contributed by atoms with Crippen molar-refractivity contribution in [3.05, 3.63) is 52.8 Å². The Morgan fingerprint density at radius 3 is 2.94 bits per heavy atom. The number of nitrogens with zero attached hydrogens (tertiary/aromatic N) is 1. The molecule has 2 aromatic rings. The first-order valence-corrected chi connectivity index (χ1v) is 8.58. The molecule has 4 heteroatoms. The van der Waals surface area contributed by atoms with Gasteiger partial charge in [0, 0.05) is 0 Å². The Morgan fingerprint density at radius 1 is 1.29 bits per heavy atom. The number of pyridine rings is 1.